The molecule has 1 rings (SSSR count). The van der Waals surface area contributed by atoms with Gasteiger partial charge in [-0.3, -0.25) is 0 Å². The number of aliphatic hydroxyl groups excluding tert-OH is 1. The molecular weight excluding hydrogens is 250 g/mol. The first-order chi connectivity index (χ1) is 8.52. The van der Waals surface area contributed by atoms with Crippen LogP contribution < -0.4 is 5.32 Å². The molecule has 0 aromatic heterocycles. The molecule has 19 heavy (non-hydrogen) atoms. The van der Waals surface area contributed by atoms with Gasteiger partial charge in [-0.15, -0.1) is 0 Å². The second kappa shape index (κ2) is 5.36. The van der Waals surface area contributed by atoms with Gasteiger partial charge in [0.25, 0.3) is 0 Å². The Kier molecular flexibility index (Phi) is 4.45. The van der Waals surface area contributed by atoms with Crippen LogP contribution in [0.15, 0.2) is 0 Å². The molecule has 0 aromatic carbocycles. The Morgan fingerprint density at radius 2 is 1.89 bits per heavy atom. The summed E-state index contributed by atoms with van der Waals surface area (Å²) in [5.74, 6) is -1.34. The third-order valence-electron chi connectivity index (χ3n) is 3.15. The minimum Gasteiger partial charge on any atom is -0.479 e. The fourth-order valence-electron chi connectivity index (χ4n) is 1.82. The summed E-state index contributed by atoms with van der Waals surface area (Å²) in [6.07, 6.45) is 0.0594. The summed E-state index contributed by atoms with van der Waals surface area (Å²) >= 11 is 0. The lowest BCUT2D eigenvalue weighted by molar-refractivity contribution is -0.148. The van der Waals surface area contributed by atoms with Crippen LogP contribution in [0.25, 0.3) is 0 Å². The number of ether oxygens (including phenoxy) is 1. The van der Waals surface area contributed by atoms with Crippen molar-refractivity contribution < 1.29 is 24.5 Å². The van der Waals surface area contributed by atoms with Gasteiger partial charge in [0.05, 0.1) is 6.04 Å². The molecule has 1 amide bonds. The van der Waals surface area contributed by atoms with Crippen LogP contribution in [-0.4, -0.2) is 40.0 Å². The summed E-state index contributed by atoms with van der Waals surface area (Å²) in [5, 5.41) is 21.0. The maximum atomic E-state index is 11.7. The van der Waals surface area contributed by atoms with E-state index in [1.165, 1.54) is 0 Å². The number of aliphatic carboxylic acids is 1. The van der Waals surface area contributed by atoms with Gasteiger partial charge in [-0.1, -0.05) is 6.92 Å². The predicted octanol–water partition coefficient (Wildman–Crippen LogP) is 1.52. The third-order valence-corrected chi connectivity index (χ3v) is 3.15. The summed E-state index contributed by atoms with van der Waals surface area (Å²) in [6, 6.07) is -0.833. The van der Waals surface area contributed by atoms with Crippen molar-refractivity contribution >= 4 is 12.1 Å². The molecule has 1 aliphatic rings. The Hall–Kier alpha value is -1.30. The van der Waals surface area contributed by atoms with Gasteiger partial charge in [-0.05, 0) is 45.4 Å². The zero-order chi connectivity index (χ0) is 14.8. The van der Waals surface area contributed by atoms with E-state index in [9.17, 15) is 14.7 Å². The number of hydrogen-bond acceptors (Lipinski definition) is 4. The van der Waals surface area contributed by atoms with Gasteiger partial charge in [0.15, 0.2) is 6.10 Å². The lowest BCUT2D eigenvalue weighted by Crippen LogP contribution is -2.49. The van der Waals surface area contributed by atoms with Crippen molar-refractivity contribution in [1.29, 1.82) is 0 Å². The number of carbonyl (C=O) groups is 2. The van der Waals surface area contributed by atoms with E-state index in [1.807, 2.05) is 6.92 Å². The number of carboxylic acids is 1. The normalized spacial score (nSPS) is 20.3. The molecule has 6 nitrogen and oxygen atoms in total. The molecular formula is C13H23NO5. The van der Waals surface area contributed by atoms with Crippen LogP contribution in [0, 0.1) is 5.41 Å². The Morgan fingerprint density at radius 1 is 1.37 bits per heavy atom. The first kappa shape index (κ1) is 15.8. The van der Waals surface area contributed by atoms with Crippen molar-refractivity contribution in [2.75, 3.05) is 0 Å². The highest BCUT2D eigenvalue weighted by molar-refractivity contribution is 5.75. The van der Waals surface area contributed by atoms with E-state index >= 15 is 0 Å². The molecule has 1 fully saturated rings. The number of rotatable bonds is 5. The molecule has 1 aliphatic carbocycles. The van der Waals surface area contributed by atoms with Crippen LogP contribution in [0.2, 0.25) is 0 Å². The van der Waals surface area contributed by atoms with Crippen molar-refractivity contribution in [3.8, 4) is 0 Å². The van der Waals surface area contributed by atoms with Crippen molar-refractivity contribution in [3.05, 3.63) is 0 Å². The zero-order valence-corrected chi connectivity index (χ0v) is 11.9. The number of amides is 1. The number of alkyl carbamates (subject to hydrolysis) is 1. The topological polar surface area (TPSA) is 95.9 Å². The molecule has 0 saturated heterocycles. The molecule has 0 bridgehead atoms. The molecule has 6 heteroatoms. The molecule has 0 heterocycles. The van der Waals surface area contributed by atoms with E-state index in [-0.39, 0.29) is 5.41 Å². The van der Waals surface area contributed by atoms with Crippen LogP contribution in [-0.2, 0) is 9.53 Å². The third kappa shape index (κ3) is 5.46. The Morgan fingerprint density at radius 3 is 2.26 bits per heavy atom. The van der Waals surface area contributed by atoms with Gasteiger partial charge in [0.2, 0.25) is 0 Å². The number of aliphatic hydroxyl groups is 1. The van der Waals surface area contributed by atoms with Gasteiger partial charge in [0.1, 0.15) is 5.60 Å². The second-order valence-electron chi connectivity index (χ2n) is 6.55. The van der Waals surface area contributed by atoms with Gasteiger partial charge in [-0.25, -0.2) is 9.59 Å². The van der Waals surface area contributed by atoms with Crippen LogP contribution in [0.1, 0.15) is 47.0 Å². The Bertz CT molecular complexity index is 357. The second-order valence-corrected chi connectivity index (χ2v) is 6.55. The average Bonchev–Trinajstić information content (AvgIpc) is 2.91. The molecule has 0 spiro atoms. The lowest BCUT2D eigenvalue weighted by atomic mass is 9.95. The molecule has 0 radical (unpaired) electrons. The van der Waals surface area contributed by atoms with E-state index in [1.54, 1.807) is 20.8 Å². The van der Waals surface area contributed by atoms with Gasteiger partial charge < -0.3 is 20.3 Å². The van der Waals surface area contributed by atoms with Crippen molar-refractivity contribution in [2.24, 2.45) is 5.41 Å². The van der Waals surface area contributed by atoms with Gasteiger partial charge in [0, 0.05) is 0 Å². The fraction of sp³-hybridized carbons (Fsp3) is 0.846. The first-order valence-corrected chi connectivity index (χ1v) is 6.43. The summed E-state index contributed by atoms with van der Waals surface area (Å²) in [4.78, 5) is 22.5. The largest absolute Gasteiger partial charge is 0.479 e. The lowest BCUT2D eigenvalue weighted by Gasteiger charge is -2.26. The summed E-state index contributed by atoms with van der Waals surface area (Å²) in [5.41, 5.74) is -0.650. The van der Waals surface area contributed by atoms with E-state index in [0.717, 1.165) is 12.8 Å². The number of hydrogen-bond donors (Lipinski definition) is 3. The summed E-state index contributed by atoms with van der Waals surface area (Å²) < 4.78 is 5.08. The van der Waals surface area contributed by atoms with Gasteiger partial charge >= 0.3 is 12.1 Å². The predicted molar refractivity (Wildman–Crippen MR) is 68.8 cm³/mol. The minimum absolute atomic E-state index is 0.0100. The molecule has 1 saturated carbocycles. The van der Waals surface area contributed by atoms with Crippen molar-refractivity contribution in [3.63, 3.8) is 0 Å². The highest BCUT2D eigenvalue weighted by Crippen LogP contribution is 2.49. The van der Waals surface area contributed by atoms with E-state index in [4.69, 9.17) is 9.84 Å². The zero-order valence-electron chi connectivity index (χ0n) is 11.9. The van der Waals surface area contributed by atoms with Crippen LogP contribution >= 0.6 is 0 Å². The maximum absolute atomic E-state index is 11.7. The average molecular weight is 273 g/mol. The van der Waals surface area contributed by atoms with E-state index in [2.05, 4.69) is 5.32 Å². The number of nitrogens with one attached hydrogen (secondary N) is 1. The monoisotopic (exact) mass is 273 g/mol. The number of carbonyl (C=O) groups excluding carboxylic acids is 1. The van der Waals surface area contributed by atoms with Crippen molar-refractivity contribution in [2.45, 2.75) is 64.7 Å². The number of carboxylic acid groups (broad SMARTS) is 1. The van der Waals surface area contributed by atoms with Crippen LogP contribution in [0.4, 0.5) is 4.79 Å². The Labute approximate surface area is 113 Å². The van der Waals surface area contributed by atoms with E-state index < -0.39 is 29.8 Å². The fourth-order valence-corrected chi connectivity index (χ4v) is 1.82. The standard InChI is InChI=1S/C13H23NO5/c1-12(2,3)19-11(18)14-8(9(15)10(16)17)7-13(4)5-6-13/h8-9,15H,5-7H2,1-4H3,(H,14,18)(H,16,17)/t8-,9?/m0/s1. The summed E-state index contributed by atoms with van der Waals surface area (Å²) in [6.45, 7) is 7.16. The minimum atomic E-state index is -1.62. The van der Waals surface area contributed by atoms with Crippen molar-refractivity contribution in [1.82, 2.24) is 5.32 Å². The van der Waals surface area contributed by atoms with E-state index in [0.29, 0.717) is 6.42 Å². The molecule has 3 N–H and O–H groups in total. The maximum Gasteiger partial charge on any atom is 0.407 e. The molecule has 2 atom stereocenters. The Balaban J connectivity index is 2.63. The first-order valence-electron chi connectivity index (χ1n) is 6.43. The molecule has 0 aliphatic heterocycles. The summed E-state index contributed by atoms with van der Waals surface area (Å²) in [7, 11) is 0. The molecule has 0 aromatic rings. The quantitative estimate of drug-likeness (QED) is 0.705. The molecule has 110 valence electrons. The molecule has 1 unspecified atom stereocenters. The highest BCUT2D eigenvalue weighted by Gasteiger charge is 2.43. The van der Waals surface area contributed by atoms with Gasteiger partial charge in [-0.2, -0.15) is 0 Å². The smallest absolute Gasteiger partial charge is 0.407 e. The SMILES string of the molecule is CC1(C[C@H](NC(=O)OC(C)(C)C)C(O)C(=O)O)CC1. The highest BCUT2D eigenvalue weighted by atomic mass is 16.6. The van der Waals surface area contributed by atoms with Crippen LogP contribution in [0.5, 0.6) is 0 Å². The van der Waals surface area contributed by atoms with Crippen LogP contribution in [0.3, 0.4) is 0 Å².